The molecule has 1 fully saturated rings. The minimum absolute atomic E-state index is 0.00989. The normalized spacial score (nSPS) is 14.9. The number of thioether (sulfide) groups is 1. The Morgan fingerprint density at radius 3 is 2.72 bits per heavy atom. The van der Waals surface area contributed by atoms with Gasteiger partial charge in [-0.15, -0.1) is 11.3 Å². The number of aromatic nitrogens is 2. The maximum atomic E-state index is 13.8. The number of nitrogens with one attached hydrogen (secondary N) is 1. The average molecular weight is 469 g/mol. The summed E-state index contributed by atoms with van der Waals surface area (Å²) in [6.07, 6.45) is 3.02. The van der Waals surface area contributed by atoms with E-state index in [0.29, 0.717) is 21.3 Å². The van der Waals surface area contributed by atoms with Gasteiger partial charge in [0.1, 0.15) is 15.7 Å². The van der Waals surface area contributed by atoms with Gasteiger partial charge in [-0.3, -0.25) is 24.3 Å². The zero-order chi connectivity index (χ0) is 22.7. The van der Waals surface area contributed by atoms with Crippen LogP contribution in [0.25, 0.3) is 16.8 Å². The molecule has 7 nitrogen and oxygen atoms in total. The quantitative estimate of drug-likeness (QED) is 0.547. The average Bonchev–Trinajstić information content (AvgIpc) is 3.30. The lowest BCUT2D eigenvalue weighted by molar-refractivity contribution is -0.122. The maximum absolute atomic E-state index is 13.8. The van der Waals surface area contributed by atoms with E-state index in [4.69, 9.17) is 0 Å². The topological polar surface area (TPSA) is 92.3 Å². The van der Waals surface area contributed by atoms with Crippen LogP contribution < -0.4 is 5.32 Å². The first-order valence-electron chi connectivity index (χ1n) is 9.61. The molecule has 0 bridgehead atoms. The first kappa shape index (κ1) is 21.8. The first-order chi connectivity index (χ1) is 15.4. The van der Waals surface area contributed by atoms with Gasteiger partial charge in [0.2, 0.25) is 0 Å². The van der Waals surface area contributed by atoms with Gasteiger partial charge in [0, 0.05) is 24.8 Å². The Morgan fingerprint density at radius 2 is 1.97 bits per heavy atom. The predicted octanol–water partition coefficient (Wildman–Crippen LogP) is 4.12. The van der Waals surface area contributed by atoms with Gasteiger partial charge < -0.3 is 5.32 Å². The summed E-state index contributed by atoms with van der Waals surface area (Å²) in [6, 6.07) is 11.5. The number of thiazole rings is 1. The first-order valence-corrected chi connectivity index (χ1v) is 11.2. The third-order valence-electron chi connectivity index (χ3n) is 4.57. The molecule has 4 rings (SSSR count). The molecule has 0 aliphatic carbocycles. The lowest BCUT2D eigenvalue weighted by Crippen LogP contribution is -2.37. The molecule has 32 heavy (non-hydrogen) atoms. The second-order valence-electron chi connectivity index (χ2n) is 6.76. The van der Waals surface area contributed by atoms with Crippen molar-refractivity contribution < 1.29 is 18.8 Å². The van der Waals surface area contributed by atoms with Crippen LogP contribution in [0.2, 0.25) is 0 Å². The van der Waals surface area contributed by atoms with Crippen molar-refractivity contribution in [2.75, 3.05) is 13.1 Å². The Bertz CT molecular complexity index is 1230. The molecule has 1 N–H and O–H groups in total. The highest BCUT2D eigenvalue weighted by atomic mass is 32.2. The number of nitrogens with zero attached hydrogens (tertiary/aromatic N) is 3. The summed E-state index contributed by atoms with van der Waals surface area (Å²) in [5.41, 5.74) is 1.49. The molecule has 3 heterocycles. The molecule has 3 amide bonds. The number of hydrogen-bond acceptors (Lipinski definition) is 7. The number of hydrogen-bond donors (Lipinski definition) is 1. The van der Waals surface area contributed by atoms with E-state index < -0.39 is 17.0 Å². The molecule has 3 aromatic rings. The molecule has 2 aromatic heterocycles. The molecule has 0 spiro atoms. The van der Waals surface area contributed by atoms with Gasteiger partial charge in [-0.05, 0) is 43.0 Å². The molecule has 0 atom stereocenters. The Hall–Kier alpha value is -3.37. The lowest BCUT2D eigenvalue weighted by atomic mass is 10.2. The number of halogens is 1. The standard InChI is InChI=1S/C22H17FN4O3S2/c1-13-18(32-20(26-13)16-8-4-5-9-24-16)19(28)25-10-11-27-21(29)17(31-22(27)30)12-14-6-2-3-7-15(14)23/h2-9,12H,10-11H2,1H3,(H,25,28)/b17-12-. The largest absolute Gasteiger partial charge is 0.349 e. The summed E-state index contributed by atoms with van der Waals surface area (Å²) >= 11 is 1.97. The van der Waals surface area contributed by atoms with Crippen molar-refractivity contribution in [2.45, 2.75) is 6.92 Å². The highest BCUT2D eigenvalue weighted by Gasteiger charge is 2.35. The number of rotatable bonds is 6. The predicted molar refractivity (Wildman–Crippen MR) is 121 cm³/mol. The zero-order valence-electron chi connectivity index (χ0n) is 16.9. The van der Waals surface area contributed by atoms with Crippen molar-refractivity contribution in [3.8, 4) is 10.7 Å². The Balaban J connectivity index is 1.38. The zero-order valence-corrected chi connectivity index (χ0v) is 18.5. The Labute approximate surface area is 191 Å². The van der Waals surface area contributed by atoms with Crippen LogP contribution in [-0.2, 0) is 4.79 Å². The number of carbonyl (C=O) groups excluding carboxylic acids is 3. The van der Waals surface area contributed by atoms with Crippen LogP contribution in [0.3, 0.4) is 0 Å². The lowest BCUT2D eigenvalue weighted by Gasteiger charge is -2.12. The van der Waals surface area contributed by atoms with Gasteiger partial charge in [-0.25, -0.2) is 9.37 Å². The summed E-state index contributed by atoms with van der Waals surface area (Å²) < 4.78 is 13.8. The van der Waals surface area contributed by atoms with E-state index in [0.717, 1.165) is 16.7 Å². The van der Waals surface area contributed by atoms with Gasteiger partial charge in [0.25, 0.3) is 17.1 Å². The van der Waals surface area contributed by atoms with Crippen molar-refractivity contribution in [3.05, 3.63) is 75.5 Å². The molecule has 1 saturated heterocycles. The molecular weight excluding hydrogens is 451 g/mol. The van der Waals surface area contributed by atoms with Crippen LogP contribution in [0.4, 0.5) is 9.18 Å². The molecule has 0 saturated carbocycles. The van der Waals surface area contributed by atoms with Crippen LogP contribution >= 0.6 is 23.1 Å². The fraction of sp³-hybridized carbons (Fsp3) is 0.136. The van der Waals surface area contributed by atoms with Gasteiger partial charge in [-0.2, -0.15) is 0 Å². The van der Waals surface area contributed by atoms with Crippen molar-refractivity contribution >= 4 is 46.2 Å². The number of imide groups is 1. The Morgan fingerprint density at radius 1 is 1.19 bits per heavy atom. The number of pyridine rings is 1. The molecular formula is C22H17FN4O3S2. The summed E-state index contributed by atoms with van der Waals surface area (Å²) in [5.74, 6) is -1.32. The van der Waals surface area contributed by atoms with Gasteiger partial charge in [-0.1, -0.05) is 24.3 Å². The molecule has 1 aliphatic rings. The van der Waals surface area contributed by atoms with Crippen LogP contribution in [0.5, 0.6) is 0 Å². The minimum atomic E-state index is -0.510. The van der Waals surface area contributed by atoms with E-state index in [-0.39, 0.29) is 29.5 Å². The second kappa shape index (κ2) is 9.41. The van der Waals surface area contributed by atoms with E-state index in [1.54, 1.807) is 31.3 Å². The van der Waals surface area contributed by atoms with E-state index in [9.17, 15) is 18.8 Å². The third-order valence-corrected chi connectivity index (χ3v) is 6.66. The van der Waals surface area contributed by atoms with E-state index in [1.165, 1.54) is 29.5 Å². The molecule has 10 heteroatoms. The van der Waals surface area contributed by atoms with E-state index in [2.05, 4.69) is 15.3 Å². The summed E-state index contributed by atoms with van der Waals surface area (Å²) in [4.78, 5) is 47.6. The van der Waals surface area contributed by atoms with Crippen molar-refractivity contribution in [2.24, 2.45) is 0 Å². The van der Waals surface area contributed by atoms with Crippen LogP contribution in [-0.4, -0.2) is 45.0 Å². The summed E-state index contributed by atoms with van der Waals surface area (Å²) in [5, 5.41) is 2.90. The number of carbonyl (C=O) groups is 3. The van der Waals surface area contributed by atoms with Crippen LogP contribution in [0, 0.1) is 12.7 Å². The van der Waals surface area contributed by atoms with Crippen molar-refractivity contribution in [1.29, 1.82) is 0 Å². The van der Waals surface area contributed by atoms with Crippen LogP contribution in [0.15, 0.2) is 53.6 Å². The summed E-state index contributed by atoms with van der Waals surface area (Å²) in [6.45, 7) is 1.83. The maximum Gasteiger partial charge on any atom is 0.293 e. The van der Waals surface area contributed by atoms with E-state index in [1.807, 2.05) is 12.1 Å². The Kier molecular flexibility index (Phi) is 6.42. The fourth-order valence-electron chi connectivity index (χ4n) is 2.99. The molecule has 162 valence electrons. The van der Waals surface area contributed by atoms with Crippen molar-refractivity contribution in [3.63, 3.8) is 0 Å². The highest BCUT2D eigenvalue weighted by Crippen LogP contribution is 2.32. The van der Waals surface area contributed by atoms with E-state index >= 15 is 0 Å². The number of aryl methyl sites for hydroxylation is 1. The minimum Gasteiger partial charge on any atom is -0.349 e. The smallest absolute Gasteiger partial charge is 0.293 e. The molecule has 1 aliphatic heterocycles. The highest BCUT2D eigenvalue weighted by molar-refractivity contribution is 8.18. The monoisotopic (exact) mass is 468 g/mol. The van der Waals surface area contributed by atoms with Gasteiger partial charge in [0.05, 0.1) is 16.3 Å². The molecule has 0 unspecified atom stereocenters. The fourth-order valence-corrected chi connectivity index (χ4v) is 4.81. The van der Waals surface area contributed by atoms with Gasteiger partial charge >= 0.3 is 0 Å². The van der Waals surface area contributed by atoms with Crippen molar-refractivity contribution in [1.82, 2.24) is 20.2 Å². The molecule has 0 radical (unpaired) electrons. The second-order valence-corrected chi connectivity index (χ2v) is 8.75. The summed E-state index contributed by atoms with van der Waals surface area (Å²) in [7, 11) is 0. The van der Waals surface area contributed by atoms with Crippen LogP contribution in [0.1, 0.15) is 20.9 Å². The molecule has 1 aromatic carbocycles. The third kappa shape index (κ3) is 4.61. The number of benzene rings is 1. The number of amides is 3. The SMILES string of the molecule is Cc1nc(-c2ccccn2)sc1C(=O)NCCN1C(=O)S/C(=C\c2ccccc2F)C1=O. The van der Waals surface area contributed by atoms with Gasteiger partial charge in [0.15, 0.2) is 0 Å².